The first-order chi connectivity index (χ1) is 8.16. The number of aliphatic carboxylic acids is 1. The molecule has 0 aliphatic heterocycles. The Hall–Kier alpha value is -2.30. The average molecular weight is 232 g/mol. The highest BCUT2D eigenvalue weighted by Crippen LogP contribution is 2.21. The third-order valence-corrected chi connectivity index (χ3v) is 2.22. The fourth-order valence-corrected chi connectivity index (χ4v) is 1.49. The van der Waals surface area contributed by atoms with Crippen LogP contribution in [0.25, 0.3) is 11.1 Å². The summed E-state index contributed by atoms with van der Waals surface area (Å²) in [5, 5.41) is 8.66. The summed E-state index contributed by atoms with van der Waals surface area (Å²) in [6, 6.07) is 4.85. The van der Waals surface area contributed by atoms with Crippen molar-refractivity contribution < 1.29 is 14.3 Å². The van der Waals surface area contributed by atoms with Gasteiger partial charge in [-0.1, -0.05) is 6.07 Å². The van der Waals surface area contributed by atoms with Gasteiger partial charge < -0.3 is 5.11 Å². The number of hydrogen-bond donors (Lipinski definition) is 1. The Balaban J connectivity index is 2.43. The summed E-state index contributed by atoms with van der Waals surface area (Å²) in [4.78, 5) is 18.0. The molecule has 0 aliphatic carbocycles. The van der Waals surface area contributed by atoms with E-state index in [-0.39, 0.29) is 12.0 Å². The zero-order chi connectivity index (χ0) is 12.3. The first kappa shape index (κ1) is 11.2. The van der Waals surface area contributed by atoms with Crippen LogP contribution in [0.4, 0.5) is 4.39 Å². The van der Waals surface area contributed by atoms with Crippen LogP contribution in [0.5, 0.6) is 0 Å². The number of aromatic nitrogens is 2. The van der Waals surface area contributed by atoms with Gasteiger partial charge in [0.25, 0.3) is 0 Å². The van der Waals surface area contributed by atoms with E-state index in [0.29, 0.717) is 11.1 Å². The zero-order valence-corrected chi connectivity index (χ0v) is 8.80. The Kier molecular flexibility index (Phi) is 3.09. The van der Waals surface area contributed by atoms with E-state index in [1.165, 1.54) is 18.5 Å². The molecular formula is C12H9FN2O2. The Labute approximate surface area is 96.8 Å². The molecule has 0 fully saturated rings. The van der Waals surface area contributed by atoms with Crippen LogP contribution in [-0.2, 0) is 11.2 Å². The number of rotatable bonds is 3. The molecule has 2 aromatic heterocycles. The maximum absolute atomic E-state index is 13.5. The molecule has 0 aromatic carbocycles. The van der Waals surface area contributed by atoms with Crippen molar-refractivity contribution in [3.05, 3.63) is 48.3 Å². The van der Waals surface area contributed by atoms with E-state index in [4.69, 9.17) is 5.11 Å². The first-order valence-electron chi connectivity index (χ1n) is 4.93. The number of nitrogens with zero attached hydrogens (tertiary/aromatic N) is 2. The molecule has 5 heteroatoms. The second-order valence-corrected chi connectivity index (χ2v) is 3.49. The second kappa shape index (κ2) is 4.69. The molecule has 0 atom stereocenters. The quantitative estimate of drug-likeness (QED) is 0.821. The van der Waals surface area contributed by atoms with Gasteiger partial charge in [-0.15, -0.1) is 0 Å². The predicted molar refractivity (Wildman–Crippen MR) is 58.8 cm³/mol. The van der Waals surface area contributed by atoms with Crippen LogP contribution in [0.1, 0.15) is 5.56 Å². The Morgan fingerprint density at radius 2 is 2.24 bits per heavy atom. The van der Waals surface area contributed by atoms with Crippen molar-refractivity contribution in [2.24, 2.45) is 0 Å². The van der Waals surface area contributed by atoms with Crippen LogP contribution in [0.3, 0.4) is 0 Å². The fourth-order valence-electron chi connectivity index (χ4n) is 1.49. The largest absolute Gasteiger partial charge is 0.481 e. The highest BCUT2D eigenvalue weighted by atomic mass is 19.1. The van der Waals surface area contributed by atoms with Gasteiger partial charge in [0.15, 0.2) is 0 Å². The minimum Gasteiger partial charge on any atom is -0.481 e. The fraction of sp³-hybridized carbons (Fsp3) is 0.0833. The lowest BCUT2D eigenvalue weighted by Gasteiger charge is -2.04. The lowest BCUT2D eigenvalue weighted by atomic mass is 10.1. The summed E-state index contributed by atoms with van der Waals surface area (Å²) < 4.78 is 13.5. The van der Waals surface area contributed by atoms with Gasteiger partial charge in [0, 0.05) is 29.7 Å². The third kappa shape index (κ3) is 2.63. The summed E-state index contributed by atoms with van der Waals surface area (Å²) in [6.45, 7) is 0. The molecule has 0 saturated heterocycles. The average Bonchev–Trinajstić information content (AvgIpc) is 2.32. The van der Waals surface area contributed by atoms with Gasteiger partial charge in [0.05, 0.1) is 6.42 Å². The van der Waals surface area contributed by atoms with Crippen molar-refractivity contribution in [2.45, 2.75) is 6.42 Å². The molecular weight excluding hydrogens is 223 g/mol. The lowest BCUT2D eigenvalue weighted by Crippen LogP contribution is -2.02. The van der Waals surface area contributed by atoms with Gasteiger partial charge in [-0.3, -0.25) is 9.78 Å². The van der Waals surface area contributed by atoms with Crippen LogP contribution < -0.4 is 0 Å². The minimum absolute atomic E-state index is 0.180. The Morgan fingerprint density at radius 3 is 2.88 bits per heavy atom. The topological polar surface area (TPSA) is 63.1 Å². The monoisotopic (exact) mass is 232 g/mol. The highest BCUT2D eigenvalue weighted by molar-refractivity contribution is 5.71. The van der Waals surface area contributed by atoms with Crippen LogP contribution in [-0.4, -0.2) is 21.0 Å². The van der Waals surface area contributed by atoms with Gasteiger partial charge in [-0.25, -0.2) is 4.98 Å². The highest BCUT2D eigenvalue weighted by Gasteiger charge is 2.09. The molecule has 0 amide bonds. The molecule has 1 N–H and O–H groups in total. The van der Waals surface area contributed by atoms with Crippen molar-refractivity contribution >= 4 is 5.97 Å². The van der Waals surface area contributed by atoms with Crippen LogP contribution >= 0.6 is 0 Å². The number of carboxylic acid groups (broad SMARTS) is 1. The van der Waals surface area contributed by atoms with Gasteiger partial charge in [0.1, 0.15) is 0 Å². The molecule has 0 aliphatic rings. The van der Waals surface area contributed by atoms with Crippen LogP contribution in [0, 0.1) is 5.95 Å². The maximum atomic E-state index is 13.5. The van der Waals surface area contributed by atoms with Crippen molar-refractivity contribution in [3.8, 4) is 11.1 Å². The summed E-state index contributed by atoms with van der Waals surface area (Å²) in [5.74, 6) is -1.61. The summed E-state index contributed by atoms with van der Waals surface area (Å²) in [7, 11) is 0. The number of hydrogen-bond acceptors (Lipinski definition) is 3. The van der Waals surface area contributed by atoms with Gasteiger partial charge in [-0.2, -0.15) is 4.39 Å². The number of carbonyl (C=O) groups is 1. The van der Waals surface area contributed by atoms with Crippen LogP contribution in [0.2, 0.25) is 0 Å². The molecule has 86 valence electrons. The zero-order valence-electron chi connectivity index (χ0n) is 8.80. The van der Waals surface area contributed by atoms with E-state index in [1.54, 1.807) is 18.3 Å². The van der Waals surface area contributed by atoms with Gasteiger partial charge >= 0.3 is 5.97 Å². The van der Waals surface area contributed by atoms with Crippen molar-refractivity contribution in [1.82, 2.24) is 9.97 Å². The first-order valence-corrected chi connectivity index (χ1v) is 4.93. The van der Waals surface area contributed by atoms with E-state index in [2.05, 4.69) is 9.97 Å². The molecule has 2 rings (SSSR count). The van der Waals surface area contributed by atoms with Crippen molar-refractivity contribution in [3.63, 3.8) is 0 Å². The molecule has 4 nitrogen and oxygen atoms in total. The molecule has 2 aromatic rings. The summed E-state index contributed by atoms with van der Waals surface area (Å²) in [5.41, 5.74) is 1.29. The summed E-state index contributed by atoms with van der Waals surface area (Å²) >= 11 is 0. The van der Waals surface area contributed by atoms with Gasteiger partial charge in [-0.05, 0) is 17.7 Å². The van der Waals surface area contributed by atoms with E-state index in [1.807, 2.05) is 0 Å². The number of halogens is 1. The second-order valence-electron chi connectivity index (χ2n) is 3.49. The molecule has 0 saturated carbocycles. The van der Waals surface area contributed by atoms with Crippen LogP contribution in [0.15, 0.2) is 36.8 Å². The maximum Gasteiger partial charge on any atom is 0.307 e. The number of pyridine rings is 2. The Bertz CT molecular complexity index is 543. The standard InChI is InChI=1S/C12H9FN2O2/c13-12-10(9-2-1-3-14-7-9)4-8(6-15-12)5-11(16)17/h1-4,6-7H,5H2,(H,16,17). The van der Waals surface area contributed by atoms with E-state index < -0.39 is 11.9 Å². The molecule has 0 unspecified atom stereocenters. The molecule has 17 heavy (non-hydrogen) atoms. The normalized spacial score (nSPS) is 10.2. The van der Waals surface area contributed by atoms with E-state index >= 15 is 0 Å². The minimum atomic E-state index is -0.976. The lowest BCUT2D eigenvalue weighted by molar-refractivity contribution is -0.136. The molecule has 0 radical (unpaired) electrons. The SMILES string of the molecule is O=C(O)Cc1cnc(F)c(-c2cccnc2)c1. The smallest absolute Gasteiger partial charge is 0.307 e. The molecule has 2 heterocycles. The predicted octanol–water partition coefficient (Wildman–Crippen LogP) is 1.91. The van der Waals surface area contributed by atoms with E-state index in [0.717, 1.165) is 0 Å². The van der Waals surface area contributed by atoms with E-state index in [9.17, 15) is 9.18 Å². The third-order valence-electron chi connectivity index (χ3n) is 2.22. The molecule has 0 spiro atoms. The van der Waals surface area contributed by atoms with Gasteiger partial charge in [0.2, 0.25) is 5.95 Å². The Morgan fingerprint density at radius 1 is 1.41 bits per heavy atom. The van der Waals surface area contributed by atoms with Crippen molar-refractivity contribution in [2.75, 3.05) is 0 Å². The van der Waals surface area contributed by atoms with Crippen molar-refractivity contribution in [1.29, 1.82) is 0 Å². The summed E-state index contributed by atoms with van der Waals surface area (Å²) in [6.07, 6.45) is 4.13. The number of carboxylic acids is 1. The molecule has 0 bridgehead atoms.